The largest absolute Gasteiger partial charge is 0.378 e. The Kier molecular flexibility index (Phi) is 5.71. The molecule has 0 N–H and O–H groups in total. The molecule has 2 aliphatic heterocycles. The van der Waals surface area contributed by atoms with Crippen LogP contribution >= 0.6 is 24.0 Å². The number of hydrogen-bond donors (Lipinski definition) is 0. The molecule has 9 heteroatoms. The number of aromatic nitrogens is 2. The molecule has 0 aliphatic carbocycles. The number of pyridine rings is 1. The van der Waals surface area contributed by atoms with Crippen molar-refractivity contribution in [3.63, 3.8) is 0 Å². The third-order valence-electron chi connectivity index (χ3n) is 4.76. The lowest BCUT2D eigenvalue weighted by Gasteiger charge is -2.29. The summed E-state index contributed by atoms with van der Waals surface area (Å²) < 4.78 is 7.47. The standard InChI is InChI=1S/C20H22N4O3S2/c1-13(2)12-24-19(26)15(29-20(24)28)11-14-17(22-7-9-27-10-8-22)21-16-5-3-4-6-23(16)18(14)25/h3-6,11,13H,7-10,12H2,1-2H3/b15-11+. The van der Waals surface area contributed by atoms with Gasteiger partial charge >= 0.3 is 0 Å². The molecule has 2 aromatic rings. The van der Waals surface area contributed by atoms with Gasteiger partial charge in [0.2, 0.25) is 0 Å². The molecule has 0 aromatic carbocycles. The molecule has 0 spiro atoms. The summed E-state index contributed by atoms with van der Waals surface area (Å²) in [7, 11) is 0. The predicted octanol–water partition coefficient (Wildman–Crippen LogP) is 2.39. The monoisotopic (exact) mass is 430 g/mol. The maximum Gasteiger partial charge on any atom is 0.267 e. The molecule has 1 amide bonds. The van der Waals surface area contributed by atoms with Gasteiger partial charge < -0.3 is 9.64 Å². The van der Waals surface area contributed by atoms with E-state index in [0.29, 0.717) is 65.0 Å². The highest BCUT2D eigenvalue weighted by Crippen LogP contribution is 2.34. The zero-order valence-electron chi connectivity index (χ0n) is 16.3. The lowest BCUT2D eigenvalue weighted by atomic mass is 10.2. The second kappa shape index (κ2) is 8.25. The maximum atomic E-state index is 13.3. The van der Waals surface area contributed by atoms with E-state index in [2.05, 4.69) is 0 Å². The van der Waals surface area contributed by atoms with E-state index in [9.17, 15) is 9.59 Å². The molecule has 4 rings (SSSR count). The van der Waals surface area contributed by atoms with Crippen molar-refractivity contribution in [3.8, 4) is 0 Å². The Morgan fingerprint density at radius 2 is 2.03 bits per heavy atom. The van der Waals surface area contributed by atoms with E-state index in [1.165, 1.54) is 16.2 Å². The van der Waals surface area contributed by atoms with E-state index < -0.39 is 0 Å². The molecule has 2 fully saturated rings. The van der Waals surface area contributed by atoms with Crippen LogP contribution in [0.2, 0.25) is 0 Å². The van der Waals surface area contributed by atoms with E-state index in [1.54, 1.807) is 29.3 Å². The molecule has 2 saturated heterocycles. The van der Waals surface area contributed by atoms with Crippen LogP contribution in [0.15, 0.2) is 34.1 Å². The van der Waals surface area contributed by atoms with Crippen molar-refractivity contribution in [2.45, 2.75) is 13.8 Å². The van der Waals surface area contributed by atoms with Gasteiger partial charge in [-0.3, -0.25) is 18.9 Å². The van der Waals surface area contributed by atoms with Crippen LogP contribution in [0.3, 0.4) is 0 Å². The van der Waals surface area contributed by atoms with Crippen molar-refractivity contribution in [2.24, 2.45) is 5.92 Å². The molecule has 29 heavy (non-hydrogen) atoms. The molecule has 0 bridgehead atoms. The van der Waals surface area contributed by atoms with Gasteiger partial charge in [0.1, 0.15) is 15.8 Å². The highest BCUT2D eigenvalue weighted by Gasteiger charge is 2.33. The molecule has 0 saturated carbocycles. The van der Waals surface area contributed by atoms with E-state index in [1.807, 2.05) is 24.8 Å². The summed E-state index contributed by atoms with van der Waals surface area (Å²) >= 11 is 6.64. The smallest absolute Gasteiger partial charge is 0.267 e. The van der Waals surface area contributed by atoms with Gasteiger partial charge in [0, 0.05) is 25.8 Å². The van der Waals surface area contributed by atoms with Gasteiger partial charge in [-0.05, 0) is 24.1 Å². The summed E-state index contributed by atoms with van der Waals surface area (Å²) in [5.74, 6) is 0.728. The first-order valence-electron chi connectivity index (χ1n) is 9.55. The van der Waals surface area contributed by atoms with E-state index >= 15 is 0 Å². The van der Waals surface area contributed by atoms with Gasteiger partial charge in [0.25, 0.3) is 11.5 Å². The number of morpholine rings is 1. The van der Waals surface area contributed by atoms with Crippen LogP contribution in [-0.4, -0.2) is 57.4 Å². The molecule has 7 nitrogen and oxygen atoms in total. The lowest BCUT2D eigenvalue weighted by molar-refractivity contribution is -0.122. The number of amides is 1. The van der Waals surface area contributed by atoms with Crippen molar-refractivity contribution in [2.75, 3.05) is 37.7 Å². The molecule has 2 aromatic heterocycles. The number of hydrogen-bond acceptors (Lipinski definition) is 7. The van der Waals surface area contributed by atoms with Crippen LogP contribution in [0.5, 0.6) is 0 Å². The van der Waals surface area contributed by atoms with Crippen LogP contribution in [0.25, 0.3) is 11.7 Å². The number of rotatable bonds is 4. The van der Waals surface area contributed by atoms with Crippen molar-refractivity contribution >= 4 is 51.7 Å². The minimum absolute atomic E-state index is 0.154. The summed E-state index contributed by atoms with van der Waals surface area (Å²) in [6.07, 6.45) is 3.34. The number of thiocarbonyl (C=S) groups is 1. The Morgan fingerprint density at radius 1 is 1.28 bits per heavy atom. The number of nitrogens with zero attached hydrogens (tertiary/aromatic N) is 4. The number of ether oxygens (including phenoxy) is 1. The fourth-order valence-electron chi connectivity index (χ4n) is 3.39. The first kappa shape index (κ1) is 20.1. The second-order valence-corrected chi connectivity index (χ2v) is 9.04. The summed E-state index contributed by atoms with van der Waals surface area (Å²) in [5.41, 5.74) is 0.773. The normalized spacial score (nSPS) is 19.2. The van der Waals surface area contributed by atoms with Crippen LogP contribution in [-0.2, 0) is 9.53 Å². The van der Waals surface area contributed by atoms with Gasteiger partial charge in [-0.1, -0.05) is 43.9 Å². The van der Waals surface area contributed by atoms with Crippen molar-refractivity contribution in [1.29, 1.82) is 0 Å². The average molecular weight is 431 g/mol. The Bertz CT molecular complexity index is 1060. The summed E-state index contributed by atoms with van der Waals surface area (Å²) in [6.45, 7) is 7.08. The van der Waals surface area contributed by atoms with Gasteiger partial charge in [0.05, 0.1) is 23.7 Å². The van der Waals surface area contributed by atoms with Crippen molar-refractivity contribution in [3.05, 3.63) is 45.2 Å². The van der Waals surface area contributed by atoms with Crippen molar-refractivity contribution in [1.82, 2.24) is 14.3 Å². The third-order valence-corrected chi connectivity index (χ3v) is 6.13. The van der Waals surface area contributed by atoms with E-state index in [0.717, 1.165) is 0 Å². The van der Waals surface area contributed by atoms with Crippen LogP contribution in [0.1, 0.15) is 19.4 Å². The van der Waals surface area contributed by atoms with Crippen LogP contribution in [0, 0.1) is 5.92 Å². The number of carbonyl (C=O) groups excluding carboxylic acids is 1. The molecule has 4 heterocycles. The van der Waals surface area contributed by atoms with Gasteiger partial charge in [0.15, 0.2) is 0 Å². The topological polar surface area (TPSA) is 67.2 Å². The molecular formula is C20H22N4O3S2. The molecule has 0 unspecified atom stereocenters. The zero-order chi connectivity index (χ0) is 20.5. The van der Waals surface area contributed by atoms with Gasteiger partial charge in [-0.2, -0.15) is 0 Å². The molecule has 152 valence electrons. The Labute approximate surface area is 178 Å². The summed E-state index contributed by atoms with van der Waals surface area (Å²) in [5, 5.41) is 0. The van der Waals surface area contributed by atoms with E-state index in [4.69, 9.17) is 21.9 Å². The number of fused-ring (bicyclic) bond motifs is 1. The Morgan fingerprint density at radius 3 is 2.76 bits per heavy atom. The minimum atomic E-state index is -0.203. The summed E-state index contributed by atoms with van der Waals surface area (Å²) in [4.78, 5) is 35.0. The Hall–Kier alpha value is -2.23. The molecule has 0 radical (unpaired) electrons. The second-order valence-electron chi connectivity index (χ2n) is 7.37. The SMILES string of the molecule is CC(C)CN1C(=O)/C(=C\c2c(N3CCOCC3)nc3ccccn3c2=O)SC1=S. The predicted molar refractivity (Wildman–Crippen MR) is 119 cm³/mol. The fourth-order valence-corrected chi connectivity index (χ4v) is 4.64. The summed E-state index contributed by atoms with van der Waals surface area (Å²) in [6, 6.07) is 5.44. The van der Waals surface area contributed by atoms with Crippen molar-refractivity contribution < 1.29 is 9.53 Å². The van der Waals surface area contributed by atoms with E-state index in [-0.39, 0.29) is 11.5 Å². The van der Waals surface area contributed by atoms with Crippen LogP contribution in [0.4, 0.5) is 5.82 Å². The molecule has 0 atom stereocenters. The van der Waals surface area contributed by atoms with Crippen LogP contribution < -0.4 is 10.5 Å². The highest BCUT2D eigenvalue weighted by molar-refractivity contribution is 8.26. The number of carbonyl (C=O) groups is 1. The Balaban J connectivity index is 1.83. The number of thioether (sulfide) groups is 1. The first-order chi connectivity index (χ1) is 14.0. The average Bonchev–Trinajstić information content (AvgIpc) is 2.97. The third kappa shape index (κ3) is 3.94. The molecule has 2 aliphatic rings. The molecular weight excluding hydrogens is 408 g/mol. The maximum absolute atomic E-state index is 13.3. The highest BCUT2D eigenvalue weighted by atomic mass is 32.2. The fraction of sp³-hybridized carbons (Fsp3) is 0.400. The van der Waals surface area contributed by atoms with Gasteiger partial charge in [-0.25, -0.2) is 4.98 Å². The lowest BCUT2D eigenvalue weighted by Crippen LogP contribution is -2.38. The van der Waals surface area contributed by atoms with Gasteiger partial charge in [-0.15, -0.1) is 0 Å². The minimum Gasteiger partial charge on any atom is -0.378 e. The first-order valence-corrected chi connectivity index (χ1v) is 10.8. The zero-order valence-corrected chi connectivity index (χ0v) is 18.0. The number of anilines is 1. The quantitative estimate of drug-likeness (QED) is 0.545.